The first-order valence-corrected chi connectivity index (χ1v) is 4.89. The van der Waals surface area contributed by atoms with Crippen molar-refractivity contribution < 1.29 is 4.79 Å². The van der Waals surface area contributed by atoms with Gasteiger partial charge in [0.2, 0.25) is 5.91 Å². The second-order valence-corrected chi connectivity index (χ2v) is 3.74. The Kier molecular flexibility index (Phi) is 5.41. The maximum atomic E-state index is 11.7. The molecule has 5 heteroatoms. The molecule has 0 bridgehead atoms. The number of nitrogens with zero attached hydrogens (tertiary/aromatic N) is 1. The lowest BCUT2D eigenvalue weighted by Gasteiger charge is -2.25. The average Bonchev–Trinajstić information content (AvgIpc) is 2.45. The minimum Gasteiger partial charge on any atom is -0.337 e. The first-order valence-electron chi connectivity index (χ1n) is 4.89. The van der Waals surface area contributed by atoms with Crippen molar-refractivity contribution in [2.24, 2.45) is 11.5 Å². The maximum Gasteiger partial charge on any atom is 0.239 e. The van der Waals surface area contributed by atoms with E-state index in [0.29, 0.717) is 6.42 Å². The summed E-state index contributed by atoms with van der Waals surface area (Å²) in [5.41, 5.74) is 11.5. The van der Waals surface area contributed by atoms with Crippen LogP contribution in [0.15, 0.2) is 0 Å². The van der Waals surface area contributed by atoms with Crippen LogP contribution in [-0.4, -0.2) is 35.5 Å². The third-order valence-electron chi connectivity index (χ3n) is 2.85. The van der Waals surface area contributed by atoms with E-state index in [1.165, 1.54) is 0 Å². The van der Waals surface area contributed by atoms with Crippen molar-refractivity contribution in [2.75, 3.05) is 6.54 Å². The highest BCUT2D eigenvalue weighted by Crippen LogP contribution is 2.16. The minimum absolute atomic E-state index is 0. The summed E-state index contributed by atoms with van der Waals surface area (Å²) in [7, 11) is 0. The summed E-state index contributed by atoms with van der Waals surface area (Å²) in [4.78, 5) is 13.5. The molecule has 3 atom stereocenters. The largest absolute Gasteiger partial charge is 0.337 e. The smallest absolute Gasteiger partial charge is 0.239 e. The fraction of sp³-hybridized carbons (Fsp3) is 0.889. The topological polar surface area (TPSA) is 72.4 Å². The number of amides is 1. The molecule has 1 fully saturated rings. The molecule has 1 heterocycles. The zero-order valence-electron chi connectivity index (χ0n) is 8.77. The van der Waals surface area contributed by atoms with E-state index in [2.05, 4.69) is 0 Å². The lowest BCUT2D eigenvalue weighted by atomic mass is 10.1. The van der Waals surface area contributed by atoms with Crippen LogP contribution in [0, 0.1) is 0 Å². The molecule has 0 spiro atoms. The second-order valence-electron chi connectivity index (χ2n) is 3.74. The van der Waals surface area contributed by atoms with Crippen LogP contribution in [0.25, 0.3) is 0 Å². The van der Waals surface area contributed by atoms with Crippen molar-refractivity contribution >= 4 is 18.3 Å². The normalized spacial score (nSPS) is 28.4. The summed E-state index contributed by atoms with van der Waals surface area (Å²) >= 11 is 0. The number of hydrogen-bond donors (Lipinski definition) is 2. The molecule has 1 amide bonds. The number of likely N-dealkylation sites (tertiary alicyclic amines) is 1. The van der Waals surface area contributed by atoms with Gasteiger partial charge < -0.3 is 16.4 Å². The number of carbonyl (C=O) groups is 1. The summed E-state index contributed by atoms with van der Waals surface area (Å²) in [5, 5.41) is 0. The Labute approximate surface area is 91.4 Å². The van der Waals surface area contributed by atoms with E-state index in [4.69, 9.17) is 11.5 Å². The van der Waals surface area contributed by atoms with Crippen LogP contribution in [0.3, 0.4) is 0 Å². The molecule has 14 heavy (non-hydrogen) atoms. The Morgan fingerprint density at radius 2 is 2.21 bits per heavy atom. The zero-order chi connectivity index (χ0) is 10.0. The Balaban J connectivity index is 0.00000169. The van der Waals surface area contributed by atoms with Crippen molar-refractivity contribution in [2.45, 2.75) is 44.8 Å². The lowest BCUT2D eigenvalue weighted by molar-refractivity contribution is -0.133. The molecule has 0 aromatic heterocycles. The fourth-order valence-corrected chi connectivity index (χ4v) is 1.66. The average molecular weight is 222 g/mol. The second kappa shape index (κ2) is 5.53. The Hall–Kier alpha value is -0.320. The monoisotopic (exact) mass is 221 g/mol. The van der Waals surface area contributed by atoms with E-state index in [9.17, 15) is 4.79 Å². The van der Waals surface area contributed by atoms with Gasteiger partial charge in [0, 0.05) is 18.6 Å². The van der Waals surface area contributed by atoms with Crippen molar-refractivity contribution in [3.63, 3.8) is 0 Å². The molecule has 4 nitrogen and oxygen atoms in total. The number of nitrogens with two attached hydrogens (primary N) is 2. The van der Waals surface area contributed by atoms with Crippen LogP contribution in [0.1, 0.15) is 26.7 Å². The highest BCUT2D eigenvalue weighted by Gasteiger charge is 2.32. The molecular weight excluding hydrogens is 202 g/mol. The van der Waals surface area contributed by atoms with Gasteiger partial charge in [0.15, 0.2) is 0 Å². The first kappa shape index (κ1) is 13.7. The lowest BCUT2D eigenvalue weighted by Crippen LogP contribution is -2.47. The molecule has 0 aromatic rings. The molecule has 0 aliphatic carbocycles. The van der Waals surface area contributed by atoms with Crippen LogP contribution in [0.2, 0.25) is 0 Å². The summed E-state index contributed by atoms with van der Waals surface area (Å²) < 4.78 is 0. The van der Waals surface area contributed by atoms with Gasteiger partial charge in [-0.3, -0.25) is 4.79 Å². The molecule has 0 aromatic carbocycles. The predicted molar refractivity (Wildman–Crippen MR) is 59.3 cm³/mol. The van der Waals surface area contributed by atoms with E-state index >= 15 is 0 Å². The predicted octanol–water partition coefficient (Wildman–Crippen LogP) is 0.0936. The Bertz CT molecular complexity index is 200. The number of halogens is 1. The standard InChI is InChI=1S/C9H19N3O.ClH/c1-3-7(10)9(13)12-5-4-8(11)6(12)2;/h6-8H,3-5,10-11H2,1-2H3;1H/t6?,7-,8?;/m1./s1. The van der Waals surface area contributed by atoms with Crippen LogP contribution in [-0.2, 0) is 4.79 Å². The van der Waals surface area contributed by atoms with E-state index in [0.717, 1.165) is 13.0 Å². The summed E-state index contributed by atoms with van der Waals surface area (Å²) in [6.07, 6.45) is 1.58. The van der Waals surface area contributed by atoms with E-state index in [1.807, 2.05) is 13.8 Å². The van der Waals surface area contributed by atoms with E-state index < -0.39 is 0 Å². The maximum absolute atomic E-state index is 11.7. The SMILES string of the molecule is CC[C@@H](N)C(=O)N1CCC(N)C1C.Cl. The summed E-state index contributed by atoms with van der Waals surface area (Å²) in [5.74, 6) is 0.0444. The summed E-state index contributed by atoms with van der Waals surface area (Å²) in [6.45, 7) is 4.66. The molecule has 2 unspecified atom stereocenters. The zero-order valence-corrected chi connectivity index (χ0v) is 9.59. The fourth-order valence-electron chi connectivity index (χ4n) is 1.66. The van der Waals surface area contributed by atoms with Crippen LogP contribution in [0.5, 0.6) is 0 Å². The van der Waals surface area contributed by atoms with Crippen molar-refractivity contribution in [1.29, 1.82) is 0 Å². The Morgan fingerprint density at radius 3 is 2.57 bits per heavy atom. The van der Waals surface area contributed by atoms with Gasteiger partial charge in [0.25, 0.3) is 0 Å². The number of carbonyl (C=O) groups excluding carboxylic acids is 1. The quantitative estimate of drug-likeness (QED) is 0.695. The van der Waals surface area contributed by atoms with Crippen molar-refractivity contribution in [1.82, 2.24) is 4.90 Å². The first-order chi connectivity index (χ1) is 6.07. The number of hydrogen-bond acceptors (Lipinski definition) is 3. The molecule has 0 saturated carbocycles. The highest BCUT2D eigenvalue weighted by atomic mass is 35.5. The van der Waals surface area contributed by atoms with Gasteiger partial charge in [0.05, 0.1) is 6.04 Å². The van der Waals surface area contributed by atoms with Gasteiger partial charge in [-0.05, 0) is 19.8 Å². The van der Waals surface area contributed by atoms with E-state index in [-0.39, 0.29) is 36.4 Å². The van der Waals surface area contributed by atoms with Gasteiger partial charge in [0.1, 0.15) is 0 Å². The van der Waals surface area contributed by atoms with Gasteiger partial charge in [-0.2, -0.15) is 0 Å². The third-order valence-corrected chi connectivity index (χ3v) is 2.85. The molecular formula is C9H20ClN3O. The molecule has 1 rings (SSSR count). The van der Waals surface area contributed by atoms with Crippen LogP contribution >= 0.6 is 12.4 Å². The molecule has 1 aliphatic heterocycles. The van der Waals surface area contributed by atoms with Gasteiger partial charge in [-0.15, -0.1) is 12.4 Å². The minimum atomic E-state index is -0.354. The molecule has 1 aliphatic rings. The third kappa shape index (κ3) is 2.59. The van der Waals surface area contributed by atoms with E-state index in [1.54, 1.807) is 4.90 Å². The van der Waals surface area contributed by atoms with Crippen LogP contribution in [0.4, 0.5) is 0 Å². The van der Waals surface area contributed by atoms with Crippen molar-refractivity contribution in [3.8, 4) is 0 Å². The molecule has 84 valence electrons. The van der Waals surface area contributed by atoms with Gasteiger partial charge >= 0.3 is 0 Å². The number of rotatable bonds is 2. The molecule has 4 N–H and O–H groups in total. The van der Waals surface area contributed by atoms with Gasteiger partial charge in [-0.1, -0.05) is 6.92 Å². The van der Waals surface area contributed by atoms with Crippen molar-refractivity contribution in [3.05, 3.63) is 0 Å². The molecule has 0 radical (unpaired) electrons. The highest BCUT2D eigenvalue weighted by molar-refractivity contribution is 5.85. The molecule has 1 saturated heterocycles. The van der Waals surface area contributed by atoms with Gasteiger partial charge in [-0.25, -0.2) is 0 Å². The van der Waals surface area contributed by atoms with Crippen LogP contribution < -0.4 is 11.5 Å². The Morgan fingerprint density at radius 1 is 1.64 bits per heavy atom. The summed E-state index contributed by atoms with van der Waals surface area (Å²) in [6, 6.07) is -0.0918.